The summed E-state index contributed by atoms with van der Waals surface area (Å²) in [7, 11) is 0. The third-order valence-corrected chi connectivity index (χ3v) is 2.64. The Bertz CT molecular complexity index is 450. The topological polar surface area (TPSA) is 83.0 Å². The molecule has 1 aromatic rings. The molecular formula is C10H12N2O3. The Balaban J connectivity index is 2.53. The number of carboxylic acid groups (broad SMARTS) is 1. The van der Waals surface area contributed by atoms with Crippen LogP contribution in [0.5, 0.6) is 0 Å². The first-order valence-corrected chi connectivity index (χ1v) is 5.04. The molecule has 1 heterocycles. The molecule has 80 valence electrons. The lowest BCUT2D eigenvalue weighted by Crippen LogP contribution is -2.21. The zero-order valence-electron chi connectivity index (χ0n) is 8.25. The van der Waals surface area contributed by atoms with Crippen LogP contribution >= 0.6 is 0 Å². The van der Waals surface area contributed by atoms with Crippen molar-refractivity contribution >= 4 is 5.97 Å². The Morgan fingerprint density at radius 1 is 1.27 bits per heavy atom. The Kier molecular flexibility index (Phi) is 2.53. The standard InChI is InChI=1S/C10H12N2O3/c13-9-6-4-2-1-3-5-7(6)11-8(12-9)10(14)15/h1-5H2,(H,14,15)(H,11,12,13). The van der Waals surface area contributed by atoms with Crippen LogP contribution in [0.15, 0.2) is 4.79 Å². The van der Waals surface area contributed by atoms with Crippen LogP contribution in [-0.4, -0.2) is 21.0 Å². The SMILES string of the molecule is O=C(O)c1nc2c(c(=O)[nH]1)CCCCC2. The summed E-state index contributed by atoms with van der Waals surface area (Å²) in [4.78, 5) is 28.6. The van der Waals surface area contributed by atoms with Crippen molar-refractivity contribution in [2.24, 2.45) is 0 Å². The molecule has 0 aromatic carbocycles. The number of carbonyl (C=O) groups is 1. The number of aromatic nitrogens is 2. The van der Waals surface area contributed by atoms with E-state index in [0.717, 1.165) is 19.3 Å². The van der Waals surface area contributed by atoms with Crippen LogP contribution in [0.25, 0.3) is 0 Å². The minimum atomic E-state index is -1.18. The zero-order chi connectivity index (χ0) is 10.8. The fourth-order valence-electron chi connectivity index (χ4n) is 1.88. The first kappa shape index (κ1) is 9.89. The molecule has 0 amide bonds. The van der Waals surface area contributed by atoms with Gasteiger partial charge >= 0.3 is 5.97 Å². The predicted molar refractivity (Wildman–Crippen MR) is 53.1 cm³/mol. The second-order valence-electron chi connectivity index (χ2n) is 3.71. The molecule has 0 spiro atoms. The van der Waals surface area contributed by atoms with Gasteiger partial charge in [0, 0.05) is 5.56 Å². The molecule has 5 heteroatoms. The smallest absolute Gasteiger partial charge is 0.372 e. The zero-order valence-corrected chi connectivity index (χ0v) is 8.25. The monoisotopic (exact) mass is 208 g/mol. The highest BCUT2D eigenvalue weighted by atomic mass is 16.4. The number of nitrogens with zero attached hydrogens (tertiary/aromatic N) is 1. The fourth-order valence-corrected chi connectivity index (χ4v) is 1.88. The highest BCUT2D eigenvalue weighted by Crippen LogP contribution is 2.15. The van der Waals surface area contributed by atoms with Gasteiger partial charge in [-0.3, -0.25) is 4.79 Å². The van der Waals surface area contributed by atoms with Crippen LogP contribution in [0.4, 0.5) is 0 Å². The number of H-pyrrole nitrogens is 1. The van der Waals surface area contributed by atoms with Crippen LogP contribution in [0.1, 0.15) is 41.1 Å². The van der Waals surface area contributed by atoms with E-state index in [1.807, 2.05) is 0 Å². The van der Waals surface area contributed by atoms with E-state index in [9.17, 15) is 9.59 Å². The number of hydrogen-bond donors (Lipinski definition) is 2. The molecule has 2 N–H and O–H groups in total. The van der Waals surface area contributed by atoms with Gasteiger partial charge in [0.25, 0.3) is 5.56 Å². The molecule has 0 saturated heterocycles. The van der Waals surface area contributed by atoms with Crippen LogP contribution < -0.4 is 5.56 Å². The molecule has 2 rings (SSSR count). The fraction of sp³-hybridized carbons (Fsp3) is 0.500. The van der Waals surface area contributed by atoms with Gasteiger partial charge in [0.15, 0.2) is 0 Å². The van der Waals surface area contributed by atoms with Crippen LogP contribution in [0.3, 0.4) is 0 Å². The number of hydrogen-bond acceptors (Lipinski definition) is 3. The van der Waals surface area contributed by atoms with Gasteiger partial charge in [0.2, 0.25) is 5.82 Å². The molecule has 0 atom stereocenters. The van der Waals surface area contributed by atoms with Crippen LogP contribution in [-0.2, 0) is 12.8 Å². The number of aromatic carboxylic acids is 1. The quantitative estimate of drug-likeness (QED) is 0.666. The lowest BCUT2D eigenvalue weighted by Gasteiger charge is -2.03. The normalized spacial score (nSPS) is 15.5. The van der Waals surface area contributed by atoms with Crippen molar-refractivity contribution in [1.82, 2.24) is 9.97 Å². The van der Waals surface area contributed by atoms with Crippen molar-refractivity contribution in [3.8, 4) is 0 Å². The Hall–Kier alpha value is -1.65. The summed E-state index contributed by atoms with van der Waals surface area (Å²) >= 11 is 0. The summed E-state index contributed by atoms with van der Waals surface area (Å²) in [6.07, 6.45) is 4.43. The van der Waals surface area contributed by atoms with Gasteiger partial charge in [-0.05, 0) is 25.7 Å². The first-order valence-electron chi connectivity index (χ1n) is 5.04. The van der Waals surface area contributed by atoms with Crippen LogP contribution in [0.2, 0.25) is 0 Å². The number of aryl methyl sites for hydroxylation is 1. The molecule has 0 fully saturated rings. The van der Waals surface area contributed by atoms with E-state index in [1.165, 1.54) is 0 Å². The average molecular weight is 208 g/mol. The Morgan fingerprint density at radius 3 is 2.73 bits per heavy atom. The molecular weight excluding hydrogens is 196 g/mol. The van der Waals surface area contributed by atoms with Crippen molar-refractivity contribution in [2.45, 2.75) is 32.1 Å². The van der Waals surface area contributed by atoms with E-state index in [2.05, 4.69) is 9.97 Å². The second-order valence-corrected chi connectivity index (χ2v) is 3.71. The summed E-state index contributed by atoms with van der Waals surface area (Å²) in [6.45, 7) is 0. The maximum atomic E-state index is 11.6. The van der Waals surface area contributed by atoms with Crippen molar-refractivity contribution in [1.29, 1.82) is 0 Å². The number of nitrogens with one attached hydrogen (secondary N) is 1. The lowest BCUT2D eigenvalue weighted by molar-refractivity contribution is 0.0682. The van der Waals surface area contributed by atoms with Crippen molar-refractivity contribution in [3.05, 3.63) is 27.4 Å². The van der Waals surface area contributed by atoms with Crippen molar-refractivity contribution < 1.29 is 9.90 Å². The summed E-state index contributed by atoms with van der Waals surface area (Å²) < 4.78 is 0. The highest BCUT2D eigenvalue weighted by molar-refractivity contribution is 5.83. The van der Waals surface area contributed by atoms with Gasteiger partial charge < -0.3 is 10.1 Å². The summed E-state index contributed by atoms with van der Waals surface area (Å²) in [5, 5.41) is 8.75. The van der Waals surface area contributed by atoms with E-state index in [4.69, 9.17) is 5.11 Å². The largest absolute Gasteiger partial charge is 0.475 e. The molecule has 0 aliphatic heterocycles. The number of fused-ring (bicyclic) bond motifs is 1. The average Bonchev–Trinajstić information content (AvgIpc) is 2.42. The highest BCUT2D eigenvalue weighted by Gasteiger charge is 2.16. The van der Waals surface area contributed by atoms with E-state index in [0.29, 0.717) is 24.1 Å². The molecule has 15 heavy (non-hydrogen) atoms. The first-order chi connectivity index (χ1) is 7.18. The molecule has 0 bridgehead atoms. The summed E-state index contributed by atoms with van der Waals surface area (Å²) in [5.41, 5.74) is 1.03. The Labute approximate surface area is 86.2 Å². The Morgan fingerprint density at radius 2 is 2.00 bits per heavy atom. The third-order valence-electron chi connectivity index (χ3n) is 2.64. The number of carboxylic acids is 1. The van der Waals surface area contributed by atoms with E-state index in [1.54, 1.807) is 0 Å². The van der Waals surface area contributed by atoms with Gasteiger partial charge in [0.05, 0.1) is 5.69 Å². The molecule has 5 nitrogen and oxygen atoms in total. The summed E-state index contributed by atoms with van der Waals surface area (Å²) in [5.74, 6) is -1.43. The molecule has 0 saturated carbocycles. The van der Waals surface area contributed by atoms with E-state index in [-0.39, 0.29) is 11.4 Å². The van der Waals surface area contributed by atoms with Crippen LogP contribution in [0, 0.1) is 0 Å². The molecule has 1 aliphatic rings. The van der Waals surface area contributed by atoms with Crippen molar-refractivity contribution in [3.63, 3.8) is 0 Å². The third kappa shape index (κ3) is 1.91. The molecule has 0 radical (unpaired) electrons. The predicted octanol–water partition coefficient (Wildman–Crippen LogP) is 0.737. The van der Waals surface area contributed by atoms with Crippen molar-refractivity contribution in [2.75, 3.05) is 0 Å². The maximum absolute atomic E-state index is 11.6. The van der Waals surface area contributed by atoms with Gasteiger partial charge in [-0.1, -0.05) is 6.42 Å². The van der Waals surface area contributed by atoms with E-state index >= 15 is 0 Å². The van der Waals surface area contributed by atoms with Gasteiger partial charge in [0.1, 0.15) is 0 Å². The molecule has 1 aromatic heterocycles. The number of rotatable bonds is 1. The lowest BCUT2D eigenvalue weighted by atomic mass is 10.1. The van der Waals surface area contributed by atoms with Gasteiger partial charge in [-0.2, -0.15) is 0 Å². The van der Waals surface area contributed by atoms with Gasteiger partial charge in [-0.25, -0.2) is 9.78 Å². The molecule has 1 aliphatic carbocycles. The second kappa shape index (κ2) is 3.84. The van der Waals surface area contributed by atoms with Gasteiger partial charge in [-0.15, -0.1) is 0 Å². The van der Waals surface area contributed by atoms with E-state index < -0.39 is 5.97 Å². The molecule has 0 unspecified atom stereocenters. The summed E-state index contributed by atoms with van der Waals surface area (Å²) in [6, 6.07) is 0. The minimum Gasteiger partial charge on any atom is -0.475 e. The minimum absolute atomic E-state index is 0.249. The number of aromatic amines is 1. The maximum Gasteiger partial charge on any atom is 0.372 e.